The first-order valence-corrected chi connectivity index (χ1v) is 4.11. The van der Waals surface area contributed by atoms with E-state index < -0.39 is 0 Å². The average molecular weight is 174 g/mol. The van der Waals surface area contributed by atoms with E-state index in [1.54, 1.807) is 0 Å². The van der Waals surface area contributed by atoms with E-state index in [0.717, 1.165) is 18.2 Å². The topological polar surface area (TPSA) is 16.4 Å². The second-order valence-corrected chi connectivity index (χ2v) is 2.87. The summed E-state index contributed by atoms with van der Waals surface area (Å²) in [6.07, 6.45) is 0. The minimum atomic E-state index is 0.621. The minimum Gasteiger partial charge on any atom is -0.446 e. The molecule has 1 rings (SSSR count). The molecule has 1 heterocycles. The molecule has 0 aliphatic rings. The summed E-state index contributed by atoms with van der Waals surface area (Å²) in [5, 5.41) is 0. The van der Waals surface area contributed by atoms with Crippen LogP contribution >= 0.6 is 11.6 Å². The van der Waals surface area contributed by atoms with Crippen molar-refractivity contribution in [3.8, 4) is 0 Å². The van der Waals surface area contributed by atoms with E-state index in [4.69, 9.17) is 16.0 Å². The fraction of sp³-hybridized carbons (Fsp3) is 0.500. The zero-order valence-corrected chi connectivity index (χ0v) is 7.56. The van der Waals surface area contributed by atoms with Crippen LogP contribution in [0.5, 0.6) is 0 Å². The molecule has 0 atom stereocenters. The van der Waals surface area contributed by atoms with E-state index in [-0.39, 0.29) is 0 Å². The number of furan rings is 1. The molecule has 0 unspecified atom stereocenters. The SMILES string of the molecule is Cc1ccc(N(C)CCCl)o1. The van der Waals surface area contributed by atoms with Crippen LogP contribution in [0.3, 0.4) is 0 Å². The van der Waals surface area contributed by atoms with Gasteiger partial charge in [-0.15, -0.1) is 11.6 Å². The van der Waals surface area contributed by atoms with Crippen LogP contribution in [-0.4, -0.2) is 19.5 Å². The Morgan fingerprint density at radius 1 is 1.55 bits per heavy atom. The number of alkyl halides is 1. The molecule has 1 aromatic heterocycles. The van der Waals surface area contributed by atoms with Crippen LogP contribution in [0.4, 0.5) is 5.88 Å². The van der Waals surface area contributed by atoms with Gasteiger partial charge in [-0.3, -0.25) is 0 Å². The lowest BCUT2D eigenvalue weighted by atomic mass is 10.5. The van der Waals surface area contributed by atoms with Gasteiger partial charge in [-0.1, -0.05) is 0 Å². The summed E-state index contributed by atoms with van der Waals surface area (Å²) >= 11 is 5.57. The number of halogens is 1. The Morgan fingerprint density at radius 3 is 2.73 bits per heavy atom. The fourth-order valence-electron chi connectivity index (χ4n) is 0.864. The third-order valence-electron chi connectivity index (χ3n) is 1.52. The molecule has 0 N–H and O–H groups in total. The van der Waals surface area contributed by atoms with Crippen molar-refractivity contribution >= 4 is 17.5 Å². The Hall–Kier alpha value is -0.630. The predicted octanol–water partition coefficient (Wildman–Crippen LogP) is 2.26. The lowest BCUT2D eigenvalue weighted by molar-refractivity contribution is 0.529. The van der Waals surface area contributed by atoms with Gasteiger partial charge in [0, 0.05) is 25.5 Å². The number of nitrogens with zero attached hydrogens (tertiary/aromatic N) is 1. The van der Waals surface area contributed by atoms with Crippen molar-refractivity contribution < 1.29 is 4.42 Å². The van der Waals surface area contributed by atoms with Gasteiger partial charge < -0.3 is 9.32 Å². The summed E-state index contributed by atoms with van der Waals surface area (Å²) in [4.78, 5) is 1.99. The van der Waals surface area contributed by atoms with Gasteiger partial charge in [0.15, 0.2) is 5.88 Å². The van der Waals surface area contributed by atoms with Crippen LogP contribution in [0.2, 0.25) is 0 Å². The summed E-state index contributed by atoms with van der Waals surface area (Å²) in [6, 6.07) is 3.89. The number of rotatable bonds is 3. The number of hydrogen-bond acceptors (Lipinski definition) is 2. The molecule has 0 saturated carbocycles. The third kappa shape index (κ3) is 2.15. The number of anilines is 1. The molecule has 0 aliphatic heterocycles. The van der Waals surface area contributed by atoms with Crippen molar-refractivity contribution in [2.24, 2.45) is 0 Å². The highest BCUT2D eigenvalue weighted by Gasteiger charge is 2.02. The molecule has 2 nitrogen and oxygen atoms in total. The van der Waals surface area contributed by atoms with Gasteiger partial charge in [0.1, 0.15) is 5.76 Å². The Kier molecular flexibility index (Phi) is 2.83. The molecular weight excluding hydrogens is 162 g/mol. The van der Waals surface area contributed by atoms with Crippen LogP contribution in [0.25, 0.3) is 0 Å². The minimum absolute atomic E-state index is 0.621. The van der Waals surface area contributed by atoms with Gasteiger partial charge in [-0.25, -0.2) is 0 Å². The molecule has 1 aromatic rings. The van der Waals surface area contributed by atoms with E-state index in [1.807, 2.05) is 31.0 Å². The normalized spacial score (nSPS) is 10.1. The maximum absolute atomic E-state index is 5.57. The van der Waals surface area contributed by atoms with E-state index in [2.05, 4.69) is 0 Å². The molecule has 0 fully saturated rings. The monoisotopic (exact) mass is 173 g/mol. The van der Waals surface area contributed by atoms with Crippen molar-refractivity contribution in [2.75, 3.05) is 24.4 Å². The molecule has 0 spiro atoms. The first kappa shape index (κ1) is 8.47. The molecule has 0 bridgehead atoms. The predicted molar refractivity (Wildman–Crippen MR) is 47.4 cm³/mol. The van der Waals surface area contributed by atoms with Crippen LogP contribution < -0.4 is 4.90 Å². The number of hydrogen-bond donors (Lipinski definition) is 0. The summed E-state index contributed by atoms with van der Waals surface area (Å²) in [6.45, 7) is 2.74. The lowest BCUT2D eigenvalue weighted by Crippen LogP contribution is -2.18. The van der Waals surface area contributed by atoms with E-state index >= 15 is 0 Å². The Morgan fingerprint density at radius 2 is 2.27 bits per heavy atom. The van der Waals surface area contributed by atoms with E-state index in [0.29, 0.717) is 5.88 Å². The van der Waals surface area contributed by atoms with Gasteiger partial charge in [0.2, 0.25) is 0 Å². The van der Waals surface area contributed by atoms with Crippen molar-refractivity contribution in [2.45, 2.75) is 6.92 Å². The fourth-order valence-corrected chi connectivity index (χ4v) is 1.12. The first-order chi connectivity index (χ1) is 5.24. The zero-order chi connectivity index (χ0) is 8.27. The molecule has 0 amide bonds. The quantitative estimate of drug-likeness (QED) is 0.652. The summed E-state index contributed by atoms with van der Waals surface area (Å²) in [5.41, 5.74) is 0. The summed E-state index contributed by atoms with van der Waals surface area (Å²) in [7, 11) is 1.96. The standard InChI is InChI=1S/C8H12ClNO/c1-7-3-4-8(11-7)10(2)6-5-9/h3-4H,5-6H2,1-2H3. The lowest BCUT2D eigenvalue weighted by Gasteiger charge is -2.12. The van der Waals surface area contributed by atoms with Crippen molar-refractivity contribution in [3.63, 3.8) is 0 Å². The largest absolute Gasteiger partial charge is 0.446 e. The summed E-state index contributed by atoms with van der Waals surface area (Å²) in [5.74, 6) is 2.43. The molecule has 0 aromatic carbocycles. The van der Waals surface area contributed by atoms with Crippen molar-refractivity contribution in [3.05, 3.63) is 17.9 Å². The highest BCUT2D eigenvalue weighted by Crippen LogP contribution is 2.15. The van der Waals surface area contributed by atoms with E-state index in [9.17, 15) is 0 Å². The average Bonchev–Trinajstić information content (AvgIpc) is 2.36. The van der Waals surface area contributed by atoms with Gasteiger partial charge in [-0.2, -0.15) is 0 Å². The highest BCUT2D eigenvalue weighted by atomic mass is 35.5. The smallest absolute Gasteiger partial charge is 0.195 e. The molecule has 0 saturated heterocycles. The molecule has 11 heavy (non-hydrogen) atoms. The van der Waals surface area contributed by atoms with Crippen molar-refractivity contribution in [1.82, 2.24) is 0 Å². The second-order valence-electron chi connectivity index (χ2n) is 2.49. The van der Waals surface area contributed by atoms with Crippen LogP contribution in [0.1, 0.15) is 5.76 Å². The van der Waals surface area contributed by atoms with Crippen LogP contribution in [-0.2, 0) is 0 Å². The molecule has 3 heteroatoms. The van der Waals surface area contributed by atoms with Crippen molar-refractivity contribution in [1.29, 1.82) is 0 Å². The van der Waals surface area contributed by atoms with Gasteiger partial charge >= 0.3 is 0 Å². The Bertz CT molecular complexity index is 222. The Labute approximate surface area is 71.7 Å². The van der Waals surface area contributed by atoms with Crippen LogP contribution in [0, 0.1) is 6.92 Å². The maximum Gasteiger partial charge on any atom is 0.195 e. The van der Waals surface area contributed by atoms with Gasteiger partial charge in [0.25, 0.3) is 0 Å². The van der Waals surface area contributed by atoms with Gasteiger partial charge in [0.05, 0.1) is 0 Å². The molecule has 0 aliphatic carbocycles. The molecule has 62 valence electrons. The zero-order valence-electron chi connectivity index (χ0n) is 6.80. The van der Waals surface area contributed by atoms with Gasteiger partial charge in [-0.05, 0) is 13.0 Å². The summed E-state index contributed by atoms with van der Waals surface area (Å²) < 4.78 is 5.37. The number of aryl methyl sites for hydroxylation is 1. The van der Waals surface area contributed by atoms with Crippen LogP contribution in [0.15, 0.2) is 16.5 Å². The first-order valence-electron chi connectivity index (χ1n) is 3.57. The molecule has 0 radical (unpaired) electrons. The van der Waals surface area contributed by atoms with E-state index in [1.165, 1.54) is 0 Å². The highest BCUT2D eigenvalue weighted by molar-refractivity contribution is 6.18. The third-order valence-corrected chi connectivity index (χ3v) is 1.69. The maximum atomic E-state index is 5.57. The molecular formula is C8H12ClNO. The Balaban J connectivity index is 2.60. The second kappa shape index (κ2) is 3.67.